The molecule has 2 unspecified atom stereocenters. The Morgan fingerprint density at radius 3 is 2.86 bits per heavy atom. The summed E-state index contributed by atoms with van der Waals surface area (Å²) >= 11 is 6.09. The highest BCUT2D eigenvalue weighted by Crippen LogP contribution is 2.34. The lowest BCUT2D eigenvalue weighted by Crippen LogP contribution is -2.11. The van der Waals surface area contributed by atoms with E-state index in [1.807, 2.05) is 13.0 Å². The summed E-state index contributed by atoms with van der Waals surface area (Å²) in [5.41, 5.74) is 2.43. The average molecular weight is 309 g/mol. The Labute approximate surface area is 130 Å². The number of imidazole rings is 1. The van der Waals surface area contributed by atoms with E-state index in [4.69, 9.17) is 11.6 Å². The molecule has 2 aromatic rings. The van der Waals surface area contributed by atoms with E-state index in [9.17, 15) is 4.39 Å². The number of halogens is 2. The van der Waals surface area contributed by atoms with Crippen LogP contribution in [0, 0.1) is 18.7 Å². The standard InChI is InChI=1S/C17H22ClFN2/c1-11-4-3-5-13(7-6-11)21-16-8-12(2)14(19)9-15(16)20-17(21)10-18/h8-9,11,13H,3-7,10H2,1-2H3. The Hall–Kier alpha value is -1.09. The molecular formula is C17H22ClFN2. The number of aromatic nitrogens is 2. The highest BCUT2D eigenvalue weighted by molar-refractivity contribution is 6.16. The van der Waals surface area contributed by atoms with E-state index < -0.39 is 0 Å². The van der Waals surface area contributed by atoms with Crippen LogP contribution in [0.2, 0.25) is 0 Å². The van der Waals surface area contributed by atoms with E-state index in [-0.39, 0.29) is 5.82 Å². The molecule has 0 radical (unpaired) electrons. The smallest absolute Gasteiger partial charge is 0.128 e. The molecule has 0 N–H and O–H groups in total. The summed E-state index contributed by atoms with van der Waals surface area (Å²) in [7, 11) is 0. The number of benzene rings is 1. The van der Waals surface area contributed by atoms with Crippen LogP contribution in [-0.4, -0.2) is 9.55 Å². The van der Waals surface area contributed by atoms with Gasteiger partial charge in [-0.15, -0.1) is 11.6 Å². The van der Waals surface area contributed by atoms with Gasteiger partial charge in [-0.3, -0.25) is 0 Å². The summed E-state index contributed by atoms with van der Waals surface area (Å²) in [4.78, 5) is 4.55. The minimum atomic E-state index is -0.192. The highest BCUT2D eigenvalue weighted by Gasteiger charge is 2.22. The zero-order chi connectivity index (χ0) is 15.0. The molecule has 2 nitrogen and oxygen atoms in total. The fourth-order valence-electron chi connectivity index (χ4n) is 3.50. The number of hydrogen-bond donors (Lipinski definition) is 0. The molecule has 0 amide bonds. The largest absolute Gasteiger partial charge is 0.324 e. The molecule has 21 heavy (non-hydrogen) atoms. The molecule has 4 heteroatoms. The highest BCUT2D eigenvalue weighted by atomic mass is 35.5. The number of nitrogens with zero attached hydrogens (tertiary/aromatic N) is 2. The molecule has 2 atom stereocenters. The van der Waals surface area contributed by atoms with E-state index in [0.717, 1.165) is 35.6 Å². The molecule has 1 fully saturated rings. The number of aryl methyl sites for hydroxylation is 1. The number of fused-ring (bicyclic) bond motifs is 1. The second-order valence-electron chi connectivity index (χ2n) is 6.39. The Kier molecular flexibility index (Phi) is 4.21. The molecule has 114 valence electrons. The van der Waals surface area contributed by atoms with E-state index in [2.05, 4.69) is 16.5 Å². The van der Waals surface area contributed by atoms with Gasteiger partial charge in [-0.1, -0.05) is 19.8 Å². The Morgan fingerprint density at radius 2 is 2.10 bits per heavy atom. The predicted octanol–water partition coefficient (Wildman–Crippen LogP) is 5.36. The van der Waals surface area contributed by atoms with Crippen LogP contribution in [0.1, 0.15) is 56.5 Å². The summed E-state index contributed by atoms with van der Waals surface area (Å²) in [5.74, 6) is 1.85. The minimum absolute atomic E-state index is 0.192. The van der Waals surface area contributed by atoms with Gasteiger partial charge in [0.25, 0.3) is 0 Å². The number of alkyl halides is 1. The first-order valence-electron chi connectivity index (χ1n) is 7.83. The van der Waals surface area contributed by atoms with Gasteiger partial charge in [0.05, 0.1) is 16.9 Å². The number of hydrogen-bond acceptors (Lipinski definition) is 1. The second kappa shape index (κ2) is 5.96. The van der Waals surface area contributed by atoms with Crippen molar-refractivity contribution >= 4 is 22.6 Å². The Morgan fingerprint density at radius 1 is 1.29 bits per heavy atom. The fourth-order valence-corrected chi connectivity index (χ4v) is 3.69. The maximum atomic E-state index is 13.8. The van der Waals surface area contributed by atoms with Crippen molar-refractivity contribution in [2.45, 2.75) is 57.9 Å². The summed E-state index contributed by atoms with van der Waals surface area (Å²) < 4.78 is 16.0. The molecule has 1 saturated carbocycles. The molecule has 1 aliphatic carbocycles. The zero-order valence-electron chi connectivity index (χ0n) is 12.7. The van der Waals surface area contributed by atoms with Crippen molar-refractivity contribution < 1.29 is 4.39 Å². The lowest BCUT2D eigenvalue weighted by atomic mass is 10.0. The SMILES string of the molecule is Cc1cc2c(cc1F)nc(CCl)n2C1CCCC(C)CC1. The normalized spacial score (nSPS) is 23.4. The molecule has 1 heterocycles. The second-order valence-corrected chi connectivity index (χ2v) is 6.66. The van der Waals surface area contributed by atoms with Crippen LogP contribution in [0.4, 0.5) is 4.39 Å². The van der Waals surface area contributed by atoms with Gasteiger partial charge in [0.2, 0.25) is 0 Å². The van der Waals surface area contributed by atoms with Crippen molar-refractivity contribution in [3.05, 3.63) is 29.3 Å². The third kappa shape index (κ3) is 2.80. The van der Waals surface area contributed by atoms with Gasteiger partial charge in [-0.2, -0.15) is 0 Å². The van der Waals surface area contributed by atoms with Gasteiger partial charge in [0, 0.05) is 12.1 Å². The number of rotatable bonds is 2. The quantitative estimate of drug-likeness (QED) is 0.539. The van der Waals surface area contributed by atoms with Gasteiger partial charge in [0.15, 0.2) is 0 Å². The fraction of sp³-hybridized carbons (Fsp3) is 0.588. The zero-order valence-corrected chi connectivity index (χ0v) is 13.5. The summed E-state index contributed by atoms with van der Waals surface area (Å²) in [6, 6.07) is 3.90. The van der Waals surface area contributed by atoms with Crippen molar-refractivity contribution in [1.82, 2.24) is 9.55 Å². The molecular weight excluding hydrogens is 287 g/mol. The van der Waals surface area contributed by atoms with E-state index in [1.165, 1.54) is 25.3 Å². The minimum Gasteiger partial charge on any atom is -0.324 e. The molecule has 1 aliphatic rings. The summed E-state index contributed by atoms with van der Waals surface area (Å²) in [5, 5.41) is 0. The first-order chi connectivity index (χ1) is 10.1. The Balaban J connectivity index is 2.09. The maximum Gasteiger partial charge on any atom is 0.128 e. The van der Waals surface area contributed by atoms with Crippen LogP contribution in [0.15, 0.2) is 12.1 Å². The topological polar surface area (TPSA) is 17.8 Å². The summed E-state index contributed by atoms with van der Waals surface area (Å²) in [6.45, 7) is 4.14. The van der Waals surface area contributed by atoms with E-state index >= 15 is 0 Å². The average Bonchev–Trinajstić information content (AvgIpc) is 2.66. The Bertz CT molecular complexity index is 650. The van der Waals surface area contributed by atoms with Gasteiger partial charge in [-0.05, 0) is 43.7 Å². The third-order valence-electron chi connectivity index (χ3n) is 4.75. The summed E-state index contributed by atoms with van der Waals surface area (Å²) in [6.07, 6.45) is 6.11. The molecule has 0 saturated heterocycles. The molecule has 1 aromatic heterocycles. The van der Waals surface area contributed by atoms with Crippen molar-refractivity contribution in [3.63, 3.8) is 0 Å². The van der Waals surface area contributed by atoms with E-state index in [1.54, 1.807) is 0 Å². The van der Waals surface area contributed by atoms with Crippen LogP contribution in [-0.2, 0) is 5.88 Å². The first-order valence-corrected chi connectivity index (χ1v) is 8.36. The van der Waals surface area contributed by atoms with Gasteiger partial charge in [0.1, 0.15) is 11.6 Å². The van der Waals surface area contributed by atoms with Crippen LogP contribution < -0.4 is 0 Å². The molecule has 0 aliphatic heterocycles. The molecule has 0 spiro atoms. The van der Waals surface area contributed by atoms with Crippen molar-refractivity contribution in [3.8, 4) is 0 Å². The van der Waals surface area contributed by atoms with Crippen molar-refractivity contribution in [2.24, 2.45) is 5.92 Å². The molecule has 0 bridgehead atoms. The van der Waals surface area contributed by atoms with Crippen molar-refractivity contribution in [2.75, 3.05) is 0 Å². The van der Waals surface area contributed by atoms with Crippen molar-refractivity contribution in [1.29, 1.82) is 0 Å². The van der Waals surface area contributed by atoms with Gasteiger partial charge in [-0.25, -0.2) is 9.37 Å². The van der Waals surface area contributed by atoms with Crippen LogP contribution >= 0.6 is 11.6 Å². The van der Waals surface area contributed by atoms with Gasteiger partial charge >= 0.3 is 0 Å². The van der Waals surface area contributed by atoms with Crippen LogP contribution in [0.25, 0.3) is 11.0 Å². The van der Waals surface area contributed by atoms with Gasteiger partial charge < -0.3 is 4.57 Å². The lowest BCUT2D eigenvalue weighted by Gasteiger charge is -2.20. The lowest BCUT2D eigenvalue weighted by molar-refractivity contribution is 0.433. The molecule has 3 rings (SSSR count). The van der Waals surface area contributed by atoms with Crippen LogP contribution in [0.3, 0.4) is 0 Å². The molecule has 1 aromatic carbocycles. The third-order valence-corrected chi connectivity index (χ3v) is 4.99. The van der Waals surface area contributed by atoms with Crippen LogP contribution in [0.5, 0.6) is 0 Å². The maximum absolute atomic E-state index is 13.8. The first kappa shape index (κ1) is 14.8. The monoisotopic (exact) mass is 308 g/mol. The van der Waals surface area contributed by atoms with E-state index in [0.29, 0.717) is 17.5 Å². The predicted molar refractivity (Wildman–Crippen MR) is 85.3 cm³/mol.